The topological polar surface area (TPSA) is 32.3 Å². The standard InChI is InChI=1S/C15H21ClN2O/c1-18(2)14-12(16)9-6-10-13(14)17-15(19)11-7-4-3-5-8-11/h6,9-11H,3-5,7-8H2,1-2H3,(H,17,19). The maximum atomic E-state index is 12.3. The molecule has 0 aromatic heterocycles. The third kappa shape index (κ3) is 3.41. The highest BCUT2D eigenvalue weighted by Gasteiger charge is 2.22. The minimum Gasteiger partial charge on any atom is -0.375 e. The van der Waals surface area contributed by atoms with Crippen molar-refractivity contribution in [3.05, 3.63) is 23.2 Å². The van der Waals surface area contributed by atoms with Crippen LogP contribution in [0.4, 0.5) is 11.4 Å². The number of nitrogens with one attached hydrogen (secondary N) is 1. The Kier molecular flexibility index (Phi) is 4.70. The van der Waals surface area contributed by atoms with Crippen LogP contribution in [-0.4, -0.2) is 20.0 Å². The van der Waals surface area contributed by atoms with Crippen LogP contribution < -0.4 is 10.2 Å². The maximum Gasteiger partial charge on any atom is 0.227 e. The number of anilines is 2. The molecule has 0 radical (unpaired) electrons. The number of para-hydroxylation sites is 1. The highest BCUT2D eigenvalue weighted by molar-refractivity contribution is 6.34. The lowest BCUT2D eigenvalue weighted by Crippen LogP contribution is -2.25. The van der Waals surface area contributed by atoms with Gasteiger partial charge in [0.15, 0.2) is 0 Å². The second-order valence-corrected chi connectivity index (χ2v) is 5.76. The van der Waals surface area contributed by atoms with Crippen LogP contribution in [0.2, 0.25) is 5.02 Å². The van der Waals surface area contributed by atoms with Gasteiger partial charge in [-0.25, -0.2) is 0 Å². The molecule has 0 saturated heterocycles. The van der Waals surface area contributed by atoms with Gasteiger partial charge in [0, 0.05) is 20.0 Å². The zero-order chi connectivity index (χ0) is 13.8. The first-order valence-electron chi connectivity index (χ1n) is 6.86. The molecule has 0 heterocycles. The lowest BCUT2D eigenvalue weighted by Gasteiger charge is -2.23. The van der Waals surface area contributed by atoms with Gasteiger partial charge in [-0.1, -0.05) is 36.9 Å². The Morgan fingerprint density at radius 1 is 1.26 bits per heavy atom. The number of nitrogens with zero attached hydrogens (tertiary/aromatic N) is 1. The first-order chi connectivity index (χ1) is 9.09. The molecule has 1 aromatic rings. The highest BCUT2D eigenvalue weighted by atomic mass is 35.5. The summed E-state index contributed by atoms with van der Waals surface area (Å²) < 4.78 is 0. The minimum absolute atomic E-state index is 0.130. The summed E-state index contributed by atoms with van der Waals surface area (Å²) in [5.74, 6) is 0.285. The Balaban J connectivity index is 2.14. The van der Waals surface area contributed by atoms with Gasteiger partial charge in [-0.05, 0) is 25.0 Å². The molecule has 2 rings (SSSR count). The zero-order valence-electron chi connectivity index (χ0n) is 11.6. The predicted octanol–water partition coefficient (Wildman–Crippen LogP) is 3.92. The molecule has 0 bridgehead atoms. The molecule has 1 aromatic carbocycles. The highest BCUT2D eigenvalue weighted by Crippen LogP contribution is 2.33. The predicted molar refractivity (Wildman–Crippen MR) is 81.0 cm³/mol. The van der Waals surface area contributed by atoms with Gasteiger partial charge in [-0.3, -0.25) is 4.79 Å². The third-order valence-electron chi connectivity index (χ3n) is 3.67. The van der Waals surface area contributed by atoms with Crippen molar-refractivity contribution in [1.82, 2.24) is 0 Å². The van der Waals surface area contributed by atoms with E-state index in [0.29, 0.717) is 5.02 Å². The molecule has 1 aliphatic rings. The van der Waals surface area contributed by atoms with E-state index in [0.717, 1.165) is 37.1 Å². The summed E-state index contributed by atoms with van der Waals surface area (Å²) in [6, 6.07) is 5.61. The molecule has 0 unspecified atom stereocenters. The van der Waals surface area contributed by atoms with Gasteiger partial charge >= 0.3 is 0 Å². The molecule has 4 heteroatoms. The average Bonchev–Trinajstić information content (AvgIpc) is 2.39. The molecule has 1 aliphatic carbocycles. The molecule has 104 valence electrons. The second-order valence-electron chi connectivity index (χ2n) is 5.35. The number of benzene rings is 1. The van der Waals surface area contributed by atoms with Crippen molar-refractivity contribution < 1.29 is 4.79 Å². The van der Waals surface area contributed by atoms with Gasteiger partial charge in [0.25, 0.3) is 0 Å². The second kappa shape index (κ2) is 6.29. The van der Waals surface area contributed by atoms with E-state index < -0.39 is 0 Å². The van der Waals surface area contributed by atoms with Crippen LogP contribution in [0.1, 0.15) is 32.1 Å². The van der Waals surface area contributed by atoms with Crippen LogP contribution in [-0.2, 0) is 4.79 Å². The van der Waals surface area contributed by atoms with E-state index in [9.17, 15) is 4.79 Å². The molecule has 1 fully saturated rings. The van der Waals surface area contributed by atoms with Crippen molar-refractivity contribution in [3.8, 4) is 0 Å². The number of rotatable bonds is 3. The van der Waals surface area contributed by atoms with Crippen molar-refractivity contribution in [2.24, 2.45) is 5.92 Å². The molecule has 1 saturated carbocycles. The van der Waals surface area contributed by atoms with Crippen LogP contribution in [0.15, 0.2) is 18.2 Å². The monoisotopic (exact) mass is 280 g/mol. The molecule has 3 nitrogen and oxygen atoms in total. The Labute approximate surface area is 119 Å². The number of amides is 1. The third-order valence-corrected chi connectivity index (χ3v) is 3.97. The van der Waals surface area contributed by atoms with Gasteiger partial charge in [0.2, 0.25) is 5.91 Å². The zero-order valence-corrected chi connectivity index (χ0v) is 12.3. The number of hydrogen-bond donors (Lipinski definition) is 1. The van der Waals surface area contributed by atoms with Crippen molar-refractivity contribution >= 4 is 28.9 Å². The quantitative estimate of drug-likeness (QED) is 0.910. The average molecular weight is 281 g/mol. The van der Waals surface area contributed by atoms with E-state index in [1.54, 1.807) is 0 Å². The number of halogens is 1. The van der Waals surface area contributed by atoms with Gasteiger partial charge in [-0.15, -0.1) is 0 Å². The first-order valence-corrected chi connectivity index (χ1v) is 7.24. The van der Waals surface area contributed by atoms with Crippen LogP contribution in [0, 0.1) is 5.92 Å². The van der Waals surface area contributed by atoms with Crippen molar-refractivity contribution in [3.63, 3.8) is 0 Å². The Morgan fingerprint density at radius 2 is 1.95 bits per heavy atom. The Morgan fingerprint density at radius 3 is 2.58 bits per heavy atom. The summed E-state index contributed by atoms with van der Waals surface area (Å²) in [4.78, 5) is 14.2. The summed E-state index contributed by atoms with van der Waals surface area (Å²) in [6.45, 7) is 0. The summed E-state index contributed by atoms with van der Waals surface area (Å²) in [5, 5.41) is 3.70. The van der Waals surface area contributed by atoms with E-state index in [4.69, 9.17) is 11.6 Å². The van der Waals surface area contributed by atoms with E-state index in [1.807, 2.05) is 37.2 Å². The van der Waals surface area contributed by atoms with Gasteiger partial charge in [0.05, 0.1) is 16.4 Å². The number of carbonyl (C=O) groups is 1. The number of carbonyl (C=O) groups excluding carboxylic acids is 1. The summed E-state index contributed by atoms with van der Waals surface area (Å²) in [6.07, 6.45) is 5.58. The maximum absolute atomic E-state index is 12.3. The lowest BCUT2D eigenvalue weighted by molar-refractivity contribution is -0.120. The fraction of sp³-hybridized carbons (Fsp3) is 0.533. The SMILES string of the molecule is CN(C)c1c(Cl)cccc1NC(=O)C1CCCCC1. The fourth-order valence-corrected chi connectivity index (χ4v) is 3.01. The number of hydrogen-bond acceptors (Lipinski definition) is 2. The van der Waals surface area contributed by atoms with Crippen LogP contribution in [0.3, 0.4) is 0 Å². The van der Waals surface area contributed by atoms with E-state index in [1.165, 1.54) is 6.42 Å². The molecular formula is C15H21ClN2O. The molecule has 1 amide bonds. The van der Waals surface area contributed by atoms with Gasteiger partial charge in [-0.2, -0.15) is 0 Å². The molecule has 0 spiro atoms. The molecule has 19 heavy (non-hydrogen) atoms. The lowest BCUT2D eigenvalue weighted by atomic mass is 9.88. The first kappa shape index (κ1) is 14.2. The van der Waals surface area contributed by atoms with Crippen LogP contribution >= 0.6 is 11.6 Å². The van der Waals surface area contributed by atoms with E-state index in [2.05, 4.69) is 5.32 Å². The molecule has 1 N–H and O–H groups in total. The van der Waals surface area contributed by atoms with Gasteiger partial charge in [0.1, 0.15) is 0 Å². The fourth-order valence-electron chi connectivity index (χ4n) is 2.67. The van der Waals surface area contributed by atoms with Crippen molar-refractivity contribution in [2.45, 2.75) is 32.1 Å². The summed E-state index contributed by atoms with van der Waals surface area (Å²) in [7, 11) is 3.86. The van der Waals surface area contributed by atoms with Crippen molar-refractivity contribution in [2.75, 3.05) is 24.3 Å². The minimum atomic E-state index is 0.130. The molecule has 0 atom stereocenters. The Bertz CT molecular complexity index is 453. The van der Waals surface area contributed by atoms with E-state index >= 15 is 0 Å². The van der Waals surface area contributed by atoms with Crippen LogP contribution in [0.5, 0.6) is 0 Å². The van der Waals surface area contributed by atoms with Gasteiger partial charge < -0.3 is 10.2 Å². The van der Waals surface area contributed by atoms with E-state index in [-0.39, 0.29) is 11.8 Å². The largest absolute Gasteiger partial charge is 0.375 e. The molecule has 0 aliphatic heterocycles. The summed E-state index contributed by atoms with van der Waals surface area (Å²) >= 11 is 6.20. The normalized spacial score (nSPS) is 16.2. The van der Waals surface area contributed by atoms with Crippen molar-refractivity contribution in [1.29, 1.82) is 0 Å². The smallest absolute Gasteiger partial charge is 0.227 e. The summed E-state index contributed by atoms with van der Waals surface area (Å²) in [5.41, 5.74) is 1.67. The Hall–Kier alpha value is -1.22. The molecular weight excluding hydrogens is 260 g/mol. The van der Waals surface area contributed by atoms with Crippen LogP contribution in [0.25, 0.3) is 0 Å².